The van der Waals surface area contributed by atoms with Gasteiger partial charge in [-0.3, -0.25) is 9.59 Å². The first kappa shape index (κ1) is 13.6. The predicted octanol–water partition coefficient (Wildman–Crippen LogP) is 0.784. The van der Waals surface area contributed by atoms with Crippen molar-refractivity contribution in [1.29, 1.82) is 0 Å². The van der Waals surface area contributed by atoms with Crippen molar-refractivity contribution in [3.8, 4) is 0 Å². The summed E-state index contributed by atoms with van der Waals surface area (Å²) in [5.74, 6) is 0.289. The second-order valence-electron chi connectivity index (χ2n) is 5.24. The first-order chi connectivity index (χ1) is 9.75. The zero-order chi connectivity index (χ0) is 13.9. The Balaban J connectivity index is 1.54. The van der Waals surface area contributed by atoms with Crippen LogP contribution in [0.5, 0.6) is 0 Å². The Kier molecular flexibility index (Phi) is 4.03. The van der Waals surface area contributed by atoms with Gasteiger partial charge in [-0.25, -0.2) is 0 Å². The number of piperazine rings is 1. The molecule has 3 rings (SSSR count). The van der Waals surface area contributed by atoms with Crippen molar-refractivity contribution >= 4 is 23.2 Å². The number of hydrogen-bond donors (Lipinski definition) is 1. The topological polar surface area (TPSA) is 52.7 Å². The van der Waals surface area contributed by atoms with Gasteiger partial charge in [0.25, 0.3) is 5.91 Å². The van der Waals surface area contributed by atoms with E-state index in [0.29, 0.717) is 26.2 Å². The van der Waals surface area contributed by atoms with Crippen molar-refractivity contribution in [3.63, 3.8) is 0 Å². The molecule has 0 radical (unpaired) electrons. The van der Waals surface area contributed by atoms with Gasteiger partial charge >= 0.3 is 0 Å². The van der Waals surface area contributed by atoms with Gasteiger partial charge in [0.1, 0.15) is 0 Å². The second-order valence-corrected chi connectivity index (χ2v) is 6.19. The van der Waals surface area contributed by atoms with Gasteiger partial charge in [-0.2, -0.15) is 0 Å². The molecule has 2 amide bonds. The Labute approximate surface area is 122 Å². The summed E-state index contributed by atoms with van der Waals surface area (Å²) >= 11 is 1.47. The van der Waals surface area contributed by atoms with Gasteiger partial charge < -0.3 is 15.1 Å². The van der Waals surface area contributed by atoms with Crippen LogP contribution in [0.2, 0.25) is 0 Å². The van der Waals surface area contributed by atoms with E-state index < -0.39 is 0 Å². The van der Waals surface area contributed by atoms with E-state index in [2.05, 4.69) is 5.32 Å². The maximum absolute atomic E-state index is 12.3. The standard InChI is InChI=1S/C14H19N3O2S/c18-13(11-3-1-5-15-11)16-6-8-17(9-7-16)14(19)12-4-2-10-20-12/h2,4,10-11,15H,1,3,5-9H2/t11-/m1/s1. The van der Waals surface area contributed by atoms with E-state index in [-0.39, 0.29) is 17.9 Å². The van der Waals surface area contributed by atoms with Gasteiger partial charge in [-0.05, 0) is 30.8 Å². The van der Waals surface area contributed by atoms with Crippen molar-refractivity contribution in [2.75, 3.05) is 32.7 Å². The van der Waals surface area contributed by atoms with Gasteiger partial charge in [0.2, 0.25) is 5.91 Å². The lowest BCUT2D eigenvalue weighted by Crippen LogP contribution is -2.54. The summed E-state index contributed by atoms with van der Waals surface area (Å²) in [6.45, 7) is 3.50. The van der Waals surface area contributed by atoms with Crippen molar-refractivity contribution in [3.05, 3.63) is 22.4 Å². The molecule has 1 atom stereocenters. The zero-order valence-electron chi connectivity index (χ0n) is 11.4. The molecule has 2 saturated heterocycles. The minimum absolute atomic E-state index is 0.00505. The molecule has 2 aliphatic heterocycles. The number of hydrogen-bond acceptors (Lipinski definition) is 4. The lowest BCUT2D eigenvalue weighted by molar-refractivity contribution is -0.134. The van der Waals surface area contributed by atoms with Crippen LogP contribution in [0, 0.1) is 0 Å². The van der Waals surface area contributed by atoms with Crippen molar-refractivity contribution < 1.29 is 9.59 Å². The smallest absolute Gasteiger partial charge is 0.264 e. The molecule has 1 N–H and O–H groups in total. The molecule has 108 valence electrons. The van der Waals surface area contributed by atoms with Crippen LogP contribution in [0.15, 0.2) is 17.5 Å². The average molecular weight is 293 g/mol. The molecular formula is C14H19N3O2S. The monoisotopic (exact) mass is 293 g/mol. The maximum Gasteiger partial charge on any atom is 0.264 e. The highest BCUT2D eigenvalue weighted by Gasteiger charge is 2.30. The third-order valence-corrected chi connectivity index (χ3v) is 4.83. The zero-order valence-corrected chi connectivity index (χ0v) is 12.2. The summed E-state index contributed by atoms with van der Waals surface area (Å²) < 4.78 is 0. The molecule has 2 fully saturated rings. The summed E-state index contributed by atoms with van der Waals surface area (Å²) in [6, 6.07) is 3.74. The van der Waals surface area contributed by atoms with Crippen LogP contribution >= 0.6 is 11.3 Å². The fourth-order valence-electron chi connectivity index (χ4n) is 2.80. The van der Waals surface area contributed by atoms with Crippen LogP contribution in [0.25, 0.3) is 0 Å². The molecule has 1 aromatic heterocycles. The van der Waals surface area contributed by atoms with E-state index in [1.54, 1.807) is 0 Å². The van der Waals surface area contributed by atoms with E-state index in [9.17, 15) is 9.59 Å². The number of rotatable bonds is 2. The van der Waals surface area contributed by atoms with Crippen LogP contribution in [-0.4, -0.2) is 60.4 Å². The molecule has 3 heterocycles. The quantitative estimate of drug-likeness (QED) is 0.877. The summed E-state index contributed by atoms with van der Waals surface area (Å²) in [5.41, 5.74) is 0. The fraction of sp³-hybridized carbons (Fsp3) is 0.571. The minimum Gasteiger partial charge on any atom is -0.338 e. The molecule has 20 heavy (non-hydrogen) atoms. The summed E-state index contributed by atoms with van der Waals surface area (Å²) in [7, 11) is 0. The Morgan fingerprint density at radius 2 is 1.95 bits per heavy atom. The Bertz CT molecular complexity index is 475. The molecule has 0 saturated carbocycles. The molecular weight excluding hydrogens is 274 g/mol. The van der Waals surface area contributed by atoms with Crippen LogP contribution in [-0.2, 0) is 4.79 Å². The highest BCUT2D eigenvalue weighted by atomic mass is 32.1. The number of nitrogens with zero attached hydrogens (tertiary/aromatic N) is 2. The van der Waals surface area contributed by atoms with Crippen molar-refractivity contribution in [2.24, 2.45) is 0 Å². The summed E-state index contributed by atoms with van der Waals surface area (Å²) in [5, 5.41) is 5.16. The Morgan fingerprint density at radius 3 is 2.55 bits per heavy atom. The number of carbonyl (C=O) groups excluding carboxylic acids is 2. The predicted molar refractivity (Wildman–Crippen MR) is 77.8 cm³/mol. The molecule has 5 nitrogen and oxygen atoms in total. The van der Waals surface area contributed by atoms with Crippen LogP contribution in [0.1, 0.15) is 22.5 Å². The van der Waals surface area contributed by atoms with Crippen LogP contribution in [0.4, 0.5) is 0 Å². The van der Waals surface area contributed by atoms with Crippen LogP contribution < -0.4 is 5.32 Å². The highest BCUT2D eigenvalue weighted by Crippen LogP contribution is 2.15. The van der Waals surface area contributed by atoms with E-state index in [4.69, 9.17) is 0 Å². The number of amides is 2. The van der Waals surface area contributed by atoms with E-state index in [1.165, 1.54) is 11.3 Å². The third kappa shape index (κ3) is 2.71. The number of thiophene rings is 1. The third-order valence-electron chi connectivity index (χ3n) is 3.97. The highest BCUT2D eigenvalue weighted by molar-refractivity contribution is 7.12. The van der Waals surface area contributed by atoms with Crippen molar-refractivity contribution in [2.45, 2.75) is 18.9 Å². The number of carbonyl (C=O) groups is 2. The molecule has 1 aromatic rings. The first-order valence-corrected chi connectivity index (χ1v) is 7.98. The molecule has 0 spiro atoms. The van der Waals surface area contributed by atoms with Gasteiger partial charge in [0.05, 0.1) is 10.9 Å². The number of nitrogens with one attached hydrogen (secondary N) is 1. The van der Waals surface area contributed by atoms with Gasteiger partial charge in [0, 0.05) is 26.2 Å². The summed E-state index contributed by atoms with van der Waals surface area (Å²) in [4.78, 5) is 29.0. The van der Waals surface area contributed by atoms with Crippen molar-refractivity contribution in [1.82, 2.24) is 15.1 Å². The molecule has 0 unspecified atom stereocenters. The lowest BCUT2D eigenvalue weighted by Gasteiger charge is -2.35. The fourth-order valence-corrected chi connectivity index (χ4v) is 3.49. The lowest BCUT2D eigenvalue weighted by atomic mass is 10.2. The van der Waals surface area contributed by atoms with Crippen LogP contribution in [0.3, 0.4) is 0 Å². The van der Waals surface area contributed by atoms with Gasteiger partial charge in [0.15, 0.2) is 0 Å². The molecule has 0 aliphatic carbocycles. The van der Waals surface area contributed by atoms with E-state index in [0.717, 1.165) is 24.3 Å². The van der Waals surface area contributed by atoms with Gasteiger partial charge in [-0.15, -0.1) is 11.3 Å². The van der Waals surface area contributed by atoms with E-state index >= 15 is 0 Å². The minimum atomic E-state index is -0.00505. The Hall–Kier alpha value is -1.40. The molecule has 6 heteroatoms. The second kappa shape index (κ2) is 5.93. The maximum atomic E-state index is 12.3. The molecule has 0 aromatic carbocycles. The normalized spacial score (nSPS) is 23.1. The summed E-state index contributed by atoms with van der Waals surface area (Å²) in [6.07, 6.45) is 2.01. The SMILES string of the molecule is O=C(c1cccs1)N1CCN(C(=O)[C@H]2CCCN2)CC1. The largest absolute Gasteiger partial charge is 0.338 e. The average Bonchev–Trinajstić information content (AvgIpc) is 3.18. The van der Waals surface area contributed by atoms with E-state index in [1.807, 2.05) is 27.3 Å². The first-order valence-electron chi connectivity index (χ1n) is 7.10. The Morgan fingerprint density at radius 1 is 1.20 bits per heavy atom. The molecule has 2 aliphatic rings. The van der Waals surface area contributed by atoms with Gasteiger partial charge in [-0.1, -0.05) is 6.07 Å². The molecule has 0 bridgehead atoms.